The van der Waals surface area contributed by atoms with Gasteiger partial charge in [-0.05, 0) is 58.2 Å². The quantitative estimate of drug-likeness (QED) is 0.428. The van der Waals surface area contributed by atoms with Crippen LogP contribution in [-0.2, 0) is 6.42 Å². The Morgan fingerprint density at radius 2 is 1.65 bits per heavy atom. The number of hydrogen-bond acceptors (Lipinski definition) is 1. The van der Waals surface area contributed by atoms with Crippen molar-refractivity contribution in [1.29, 1.82) is 0 Å². The van der Waals surface area contributed by atoms with Gasteiger partial charge in [-0.15, -0.1) is 0 Å². The molecule has 2 aromatic carbocycles. The monoisotopic (exact) mass is 434 g/mol. The Labute approximate surface area is 144 Å². The number of ketones is 1. The van der Waals surface area contributed by atoms with Crippen LogP contribution in [0.2, 0.25) is 10.0 Å². The molecule has 0 aliphatic rings. The molecule has 0 saturated heterocycles. The van der Waals surface area contributed by atoms with Crippen LogP contribution < -0.4 is 0 Å². The van der Waals surface area contributed by atoms with Crippen molar-refractivity contribution in [3.8, 4) is 0 Å². The zero-order chi connectivity index (χ0) is 14.7. The molecule has 0 fully saturated rings. The first-order chi connectivity index (χ1) is 9.47. The lowest BCUT2D eigenvalue weighted by Crippen LogP contribution is -2.17. The summed E-state index contributed by atoms with van der Waals surface area (Å²) in [7, 11) is 0. The molecule has 1 atom stereocenters. The summed E-state index contributed by atoms with van der Waals surface area (Å²) in [6.45, 7) is 0. The summed E-state index contributed by atoms with van der Waals surface area (Å²) in [6, 6.07) is 12.6. The third kappa shape index (κ3) is 4.08. The first-order valence-electron chi connectivity index (χ1n) is 5.85. The topological polar surface area (TPSA) is 17.1 Å². The van der Waals surface area contributed by atoms with Gasteiger partial charge in [-0.2, -0.15) is 0 Å². The highest BCUT2D eigenvalue weighted by molar-refractivity contribution is 9.10. The zero-order valence-corrected chi connectivity index (χ0v) is 14.9. The highest BCUT2D eigenvalue weighted by Gasteiger charge is 2.19. The molecule has 0 unspecified atom stereocenters. The summed E-state index contributed by atoms with van der Waals surface area (Å²) in [5.74, 6) is 0.0171. The fraction of sp³-hybridized carbons (Fsp3) is 0.133. The third-order valence-corrected chi connectivity index (χ3v) is 4.69. The van der Waals surface area contributed by atoms with Gasteiger partial charge in [-0.25, -0.2) is 0 Å². The Balaban J connectivity index is 2.14. The molecule has 0 saturated carbocycles. The second kappa shape index (κ2) is 7.08. The highest BCUT2D eigenvalue weighted by atomic mass is 79.9. The largest absolute Gasteiger partial charge is 0.293 e. The van der Waals surface area contributed by atoms with Gasteiger partial charge in [0.1, 0.15) is 0 Å². The van der Waals surface area contributed by atoms with Crippen molar-refractivity contribution in [2.24, 2.45) is 0 Å². The van der Waals surface area contributed by atoms with E-state index in [2.05, 4.69) is 31.9 Å². The Bertz CT molecular complexity index is 626. The summed E-state index contributed by atoms with van der Waals surface area (Å²) in [6.07, 6.45) is 0.602. The normalized spacial score (nSPS) is 12.2. The summed E-state index contributed by atoms with van der Waals surface area (Å²) in [5.41, 5.74) is 1.67. The zero-order valence-electron chi connectivity index (χ0n) is 10.2. The van der Waals surface area contributed by atoms with Gasteiger partial charge in [-0.3, -0.25) is 4.79 Å². The fourth-order valence-electron chi connectivity index (χ4n) is 1.78. The molecule has 0 radical (unpaired) electrons. The van der Waals surface area contributed by atoms with Crippen LogP contribution in [-0.4, -0.2) is 10.6 Å². The van der Waals surface area contributed by atoms with Gasteiger partial charge in [0.25, 0.3) is 0 Å². The molecule has 20 heavy (non-hydrogen) atoms. The average molecular weight is 437 g/mol. The van der Waals surface area contributed by atoms with E-state index in [0.29, 0.717) is 26.5 Å². The average Bonchev–Trinajstić information content (AvgIpc) is 2.40. The Hall–Kier alpha value is -0.350. The predicted molar refractivity (Wildman–Crippen MR) is 91.4 cm³/mol. The van der Waals surface area contributed by atoms with Gasteiger partial charge >= 0.3 is 0 Å². The van der Waals surface area contributed by atoms with Gasteiger partial charge in [0, 0.05) is 20.1 Å². The van der Waals surface area contributed by atoms with E-state index in [4.69, 9.17) is 23.2 Å². The van der Waals surface area contributed by atoms with Gasteiger partial charge in [0.2, 0.25) is 0 Å². The van der Waals surface area contributed by atoms with E-state index < -0.39 is 0 Å². The summed E-state index contributed by atoms with van der Waals surface area (Å²) < 4.78 is 0.704. The fourth-order valence-corrected chi connectivity index (χ4v) is 3.40. The van der Waals surface area contributed by atoms with Crippen LogP contribution in [0.25, 0.3) is 0 Å². The van der Waals surface area contributed by atoms with E-state index in [9.17, 15) is 4.79 Å². The smallest absolute Gasteiger partial charge is 0.177 e. The number of alkyl halides is 1. The number of benzene rings is 2. The van der Waals surface area contributed by atoms with Gasteiger partial charge in [-0.1, -0.05) is 51.3 Å². The maximum absolute atomic E-state index is 12.4. The minimum atomic E-state index is -0.291. The second-order valence-corrected chi connectivity index (χ2v) is 7.12. The summed E-state index contributed by atoms with van der Waals surface area (Å²) in [5, 5.41) is 1.28. The number of carbonyl (C=O) groups excluding carboxylic acids is 1. The van der Waals surface area contributed by atoms with Crippen LogP contribution in [0.3, 0.4) is 0 Å². The number of Topliss-reactive ketones (excluding diaryl/α,β-unsaturated/α-hetero) is 1. The van der Waals surface area contributed by atoms with Crippen molar-refractivity contribution < 1.29 is 4.79 Å². The molecule has 0 amide bonds. The number of carbonyl (C=O) groups is 1. The molecule has 0 aromatic heterocycles. The standard InChI is InChI=1S/C15H10Br2Cl2O/c16-13-8-11(19)5-6-12(13)15(20)14(17)7-9-1-3-10(18)4-2-9/h1-6,8,14H,7H2/t14-/m0/s1. The van der Waals surface area contributed by atoms with Crippen LogP contribution in [0.4, 0.5) is 0 Å². The lowest BCUT2D eigenvalue weighted by Gasteiger charge is -2.11. The predicted octanol–water partition coefficient (Wildman–Crippen LogP) is 5.94. The number of halogens is 4. The molecule has 0 aliphatic heterocycles. The van der Waals surface area contributed by atoms with E-state index in [1.165, 1.54) is 0 Å². The van der Waals surface area contributed by atoms with E-state index in [-0.39, 0.29) is 10.6 Å². The van der Waals surface area contributed by atoms with E-state index in [1.54, 1.807) is 18.2 Å². The molecule has 1 nitrogen and oxygen atoms in total. The first kappa shape index (κ1) is 16.0. The maximum atomic E-state index is 12.4. The molecule has 2 aromatic rings. The van der Waals surface area contributed by atoms with Crippen LogP contribution in [0.1, 0.15) is 15.9 Å². The van der Waals surface area contributed by atoms with Gasteiger partial charge in [0.15, 0.2) is 5.78 Å². The van der Waals surface area contributed by atoms with Crippen molar-refractivity contribution >= 4 is 60.8 Å². The van der Waals surface area contributed by atoms with Gasteiger partial charge < -0.3 is 0 Å². The highest BCUT2D eigenvalue weighted by Crippen LogP contribution is 2.25. The van der Waals surface area contributed by atoms with Crippen molar-refractivity contribution in [3.05, 3.63) is 68.1 Å². The van der Waals surface area contributed by atoms with Crippen LogP contribution >= 0.6 is 55.1 Å². The molecule has 0 bridgehead atoms. The molecule has 0 N–H and O–H groups in total. The van der Waals surface area contributed by atoms with Crippen molar-refractivity contribution in [2.45, 2.75) is 11.2 Å². The van der Waals surface area contributed by atoms with E-state index in [1.807, 2.05) is 24.3 Å². The van der Waals surface area contributed by atoms with Crippen LogP contribution in [0, 0.1) is 0 Å². The molecular weight excluding hydrogens is 427 g/mol. The van der Waals surface area contributed by atoms with Crippen molar-refractivity contribution in [2.75, 3.05) is 0 Å². The summed E-state index contributed by atoms with van der Waals surface area (Å²) in [4.78, 5) is 12.1. The van der Waals surface area contributed by atoms with E-state index in [0.717, 1.165) is 5.56 Å². The lowest BCUT2D eigenvalue weighted by atomic mass is 10.0. The molecule has 0 spiro atoms. The Morgan fingerprint density at radius 1 is 1.05 bits per heavy atom. The molecular formula is C15H10Br2Cl2O. The minimum Gasteiger partial charge on any atom is -0.293 e. The minimum absolute atomic E-state index is 0.0171. The Morgan fingerprint density at radius 3 is 2.25 bits per heavy atom. The van der Waals surface area contributed by atoms with Crippen LogP contribution in [0.5, 0.6) is 0 Å². The first-order valence-corrected chi connectivity index (χ1v) is 8.31. The molecule has 5 heteroatoms. The van der Waals surface area contributed by atoms with E-state index >= 15 is 0 Å². The van der Waals surface area contributed by atoms with Crippen LogP contribution in [0.15, 0.2) is 46.9 Å². The van der Waals surface area contributed by atoms with Crippen molar-refractivity contribution in [3.63, 3.8) is 0 Å². The van der Waals surface area contributed by atoms with Crippen molar-refractivity contribution in [1.82, 2.24) is 0 Å². The summed E-state index contributed by atoms with van der Waals surface area (Å²) >= 11 is 18.5. The Kier molecular flexibility index (Phi) is 5.67. The third-order valence-electron chi connectivity index (χ3n) is 2.81. The number of rotatable bonds is 4. The SMILES string of the molecule is O=C(c1ccc(Cl)cc1Br)[C@@H](Br)Cc1ccc(Cl)cc1. The molecule has 0 heterocycles. The molecule has 0 aliphatic carbocycles. The van der Waals surface area contributed by atoms with Gasteiger partial charge in [0.05, 0.1) is 4.83 Å². The molecule has 2 rings (SSSR count). The lowest BCUT2D eigenvalue weighted by molar-refractivity contribution is 0.0990. The maximum Gasteiger partial charge on any atom is 0.177 e. The number of hydrogen-bond donors (Lipinski definition) is 0. The second-order valence-electron chi connectivity index (χ2n) is 4.29. The molecule has 104 valence electrons.